The van der Waals surface area contributed by atoms with Crippen LogP contribution in [0.25, 0.3) is 11.0 Å². The molecular formula is C31H31N5O4. The SMILES string of the molecule is Cc1ccccc1CN(C(=O)Cn1nnc2ccccc21)[C@H](C(=O)Nc1ccc2c(c1)OCO2)[C@@H]1CC=CCC1. The van der Waals surface area contributed by atoms with E-state index < -0.39 is 6.04 Å². The summed E-state index contributed by atoms with van der Waals surface area (Å²) in [6.07, 6.45) is 6.62. The minimum atomic E-state index is -0.697. The van der Waals surface area contributed by atoms with Crippen LogP contribution in [-0.4, -0.2) is 44.5 Å². The van der Waals surface area contributed by atoms with Crippen LogP contribution < -0.4 is 14.8 Å². The predicted molar refractivity (Wildman–Crippen MR) is 151 cm³/mol. The third kappa shape index (κ3) is 5.27. The van der Waals surface area contributed by atoms with Crippen molar-refractivity contribution in [3.8, 4) is 11.5 Å². The Morgan fingerprint density at radius 2 is 1.88 bits per heavy atom. The molecule has 9 nitrogen and oxygen atoms in total. The molecule has 9 heteroatoms. The highest BCUT2D eigenvalue weighted by Gasteiger charge is 2.37. The number of hydrogen-bond donors (Lipinski definition) is 1. The second-order valence-corrected chi connectivity index (χ2v) is 10.2. The average Bonchev–Trinajstić information content (AvgIpc) is 3.61. The fraction of sp³-hybridized carbons (Fsp3) is 0.290. The molecule has 0 radical (unpaired) electrons. The summed E-state index contributed by atoms with van der Waals surface area (Å²) in [5.41, 5.74) is 4.14. The third-order valence-electron chi connectivity index (χ3n) is 7.63. The molecule has 6 rings (SSSR count). The first-order chi connectivity index (χ1) is 19.6. The number of aryl methyl sites for hydroxylation is 1. The van der Waals surface area contributed by atoms with E-state index in [0.717, 1.165) is 35.0 Å². The van der Waals surface area contributed by atoms with Crippen molar-refractivity contribution in [2.45, 2.75) is 45.3 Å². The Balaban J connectivity index is 1.35. The highest BCUT2D eigenvalue weighted by Crippen LogP contribution is 2.35. The number of anilines is 1. The molecule has 0 spiro atoms. The van der Waals surface area contributed by atoms with Gasteiger partial charge in [0.1, 0.15) is 18.1 Å². The van der Waals surface area contributed by atoms with Crippen molar-refractivity contribution in [1.82, 2.24) is 19.9 Å². The number of nitrogens with one attached hydrogen (secondary N) is 1. The minimum Gasteiger partial charge on any atom is -0.454 e. The lowest BCUT2D eigenvalue weighted by molar-refractivity contribution is -0.142. The topological polar surface area (TPSA) is 98.6 Å². The lowest BCUT2D eigenvalue weighted by atomic mass is 9.85. The first-order valence-corrected chi connectivity index (χ1v) is 13.5. The Hall–Kier alpha value is -4.66. The molecule has 2 amide bonds. The molecule has 204 valence electrons. The Morgan fingerprint density at radius 1 is 1.05 bits per heavy atom. The molecule has 3 aromatic carbocycles. The van der Waals surface area contributed by atoms with Crippen LogP contribution in [0.5, 0.6) is 11.5 Å². The molecule has 0 saturated carbocycles. The smallest absolute Gasteiger partial charge is 0.247 e. The summed E-state index contributed by atoms with van der Waals surface area (Å²) in [4.78, 5) is 30.0. The van der Waals surface area contributed by atoms with Crippen LogP contribution in [0.2, 0.25) is 0 Å². The number of fused-ring (bicyclic) bond motifs is 2. The summed E-state index contributed by atoms with van der Waals surface area (Å²) in [7, 11) is 0. The van der Waals surface area contributed by atoms with Gasteiger partial charge in [-0.1, -0.05) is 53.8 Å². The van der Waals surface area contributed by atoms with Crippen LogP contribution in [0, 0.1) is 12.8 Å². The Kier molecular flexibility index (Phi) is 7.18. The number of para-hydroxylation sites is 1. The molecule has 2 heterocycles. The van der Waals surface area contributed by atoms with Crippen molar-refractivity contribution >= 4 is 28.5 Å². The molecule has 40 heavy (non-hydrogen) atoms. The molecular weight excluding hydrogens is 506 g/mol. The Labute approximate surface area is 232 Å². The molecule has 0 unspecified atom stereocenters. The van der Waals surface area contributed by atoms with Crippen molar-refractivity contribution in [1.29, 1.82) is 0 Å². The number of hydrogen-bond acceptors (Lipinski definition) is 6. The van der Waals surface area contributed by atoms with Gasteiger partial charge in [-0.3, -0.25) is 9.59 Å². The van der Waals surface area contributed by atoms with Crippen molar-refractivity contribution < 1.29 is 19.1 Å². The zero-order chi connectivity index (χ0) is 27.5. The van der Waals surface area contributed by atoms with Crippen LogP contribution in [0.1, 0.15) is 30.4 Å². The maximum absolute atomic E-state index is 14.2. The monoisotopic (exact) mass is 537 g/mol. The van der Waals surface area contributed by atoms with Gasteiger partial charge in [0.2, 0.25) is 18.6 Å². The largest absolute Gasteiger partial charge is 0.454 e. The first-order valence-electron chi connectivity index (χ1n) is 13.5. The van der Waals surface area contributed by atoms with E-state index in [1.165, 1.54) is 0 Å². The summed E-state index contributed by atoms with van der Waals surface area (Å²) in [6.45, 7) is 2.45. The maximum Gasteiger partial charge on any atom is 0.247 e. The lowest BCUT2D eigenvalue weighted by Gasteiger charge is -2.37. The molecule has 4 aromatic rings. The molecule has 1 aliphatic carbocycles. The lowest BCUT2D eigenvalue weighted by Crippen LogP contribution is -2.52. The molecule has 2 aliphatic rings. The van der Waals surface area contributed by atoms with Gasteiger partial charge in [-0.15, -0.1) is 5.10 Å². The van der Waals surface area contributed by atoms with Crippen molar-refractivity contribution in [2.24, 2.45) is 5.92 Å². The van der Waals surface area contributed by atoms with Crippen LogP contribution >= 0.6 is 0 Å². The first kappa shape index (κ1) is 25.6. The molecule has 1 aromatic heterocycles. The van der Waals surface area contributed by atoms with E-state index >= 15 is 0 Å². The van der Waals surface area contributed by atoms with Gasteiger partial charge in [-0.05, 0) is 67.5 Å². The van der Waals surface area contributed by atoms with Crippen molar-refractivity contribution in [3.05, 3.63) is 90.0 Å². The van der Waals surface area contributed by atoms with Gasteiger partial charge in [0.25, 0.3) is 0 Å². The molecule has 0 fully saturated rings. The zero-order valence-electron chi connectivity index (χ0n) is 22.3. The van der Waals surface area contributed by atoms with Gasteiger partial charge in [0.05, 0.1) is 5.52 Å². The number of allylic oxidation sites excluding steroid dienone is 2. The number of carbonyl (C=O) groups is 2. The number of carbonyl (C=O) groups excluding carboxylic acids is 2. The average molecular weight is 538 g/mol. The molecule has 0 saturated heterocycles. The van der Waals surface area contributed by atoms with Crippen LogP contribution in [-0.2, 0) is 22.7 Å². The van der Waals surface area contributed by atoms with Gasteiger partial charge in [-0.2, -0.15) is 0 Å². The van der Waals surface area contributed by atoms with E-state index in [9.17, 15) is 9.59 Å². The molecule has 2 atom stereocenters. The summed E-state index contributed by atoms with van der Waals surface area (Å²) in [5, 5.41) is 11.5. The summed E-state index contributed by atoms with van der Waals surface area (Å²) in [5.74, 6) is 0.757. The normalized spacial score (nSPS) is 16.6. The number of ether oxygens (including phenoxy) is 2. The van der Waals surface area contributed by atoms with E-state index in [0.29, 0.717) is 30.2 Å². The highest BCUT2D eigenvalue weighted by atomic mass is 16.7. The molecule has 1 aliphatic heterocycles. The zero-order valence-corrected chi connectivity index (χ0v) is 22.3. The maximum atomic E-state index is 14.2. The van der Waals surface area contributed by atoms with Gasteiger partial charge in [0, 0.05) is 18.3 Å². The standard InChI is InChI=1S/C31H31N5O4/c1-21-9-5-6-12-23(21)18-35(29(37)19-36-26-14-8-7-13-25(26)33-34-36)30(22-10-3-2-4-11-22)31(38)32-24-15-16-27-28(17-24)40-20-39-27/h2-3,5-9,12-17,22,30H,4,10-11,18-20H2,1H3,(H,32,38)/t22-,30+/m1/s1. The van der Waals surface area contributed by atoms with Crippen molar-refractivity contribution in [3.63, 3.8) is 0 Å². The van der Waals surface area contributed by atoms with Gasteiger partial charge in [-0.25, -0.2) is 4.68 Å². The second kappa shape index (κ2) is 11.2. The van der Waals surface area contributed by atoms with E-state index in [4.69, 9.17) is 9.47 Å². The van der Waals surface area contributed by atoms with E-state index in [-0.39, 0.29) is 31.1 Å². The Bertz CT molecular complexity index is 1580. The predicted octanol–water partition coefficient (Wildman–Crippen LogP) is 4.86. The second-order valence-electron chi connectivity index (χ2n) is 10.2. The van der Waals surface area contributed by atoms with Crippen LogP contribution in [0.3, 0.4) is 0 Å². The molecule has 0 bridgehead atoms. The summed E-state index contributed by atoms with van der Waals surface area (Å²) >= 11 is 0. The van der Waals surface area contributed by atoms with Crippen molar-refractivity contribution in [2.75, 3.05) is 12.1 Å². The Morgan fingerprint density at radius 3 is 2.73 bits per heavy atom. The summed E-state index contributed by atoms with van der Waals surface area (Å²) in [6, 6.07) is 20.1. The van der Waals surface area contributed by atoms with Crippen LogP contribution in [0.4, 0.5) is 5.69 Å². The number of benzene rings is 3. The van der Waals surface area contributed by atoms with Crippen LogP contribution in [0.15, 0.2) is 78.9 Å². The number of amides is 2. The molecule has 1 N–H and O–H groups in total. The van der Waals surface area contributed by atoms with E-state index in [1.54, 1.807) is 27.8 Å². The number of rotatable bonds is 8. The van der Waals surface area contributed by atoms with E-state index in [1.807, 2.05) is 55.5 Å². The fourth-order valence-electron chi connectivity index (χ4n) is 5.47. The minimum absolute atomic E-state index is 0.0250. The highest BCUT2D eigenvalue weighted by molar-refractivity contribution is 5.98. The fourth-order valence-corrected chi connectivity index (χ4v) is 5.47. The number of aromatic nitrogens is 3. The number of nitrogens with zero attached hydrogens (tertiary/aromatic N) is 4. The van der Waals surface area contributed by atoms with Gasteiger partial charge >= 0.3 is 0 Å². The summed E-state index contributed by atoms with van der Waals surface area (Å²) < 4.78 is 12.5. The quantitative estimate of drug-likeness (QED) is 0.322. The van der Waals surface area contributed by atoms with Gasteiger partial charge < -0.3 is 19.7 Å². The van der Waals surface area contributed by atoms with Gasteiger partial charge in [0.15, 0.2) is 11.5 Å². The third-order valence-corrected chi connectivity index (χ3v) is 7.63. The van der Waals surface area contributed by atoms with E-state index in [2.05, 4.69) is 27.8 Å².